The highest BCUT2D eigenvalue weighted by atomic mass is 35.5. The first-order valence-electron chi connectivity index (χ1n) is 8.99. The number of rotatable bonds is 12. The monoisotopic (exact) mass is 413 g/mol. The van der Waals surface area contributed by atoms with Gasteiger partial charge in [-0.15, -0.1) is 23.2 Å². The minimum Gasteiger partial charge on any atom is -0.460 e. The summed E-state index contributed by atoms with van der Waals surface area (Å²) in [6.07, 6.45) is 1.41. The van der Waals surface area contributed by atoms with Crippen LogP contribution in [-0.4, -0.2) is 56.1 Å². The van der Waals surface area contributed by atoms with Crippen LogP contribution in [0.1, 0.15) is 32.8 Å². The van der Waals surface area contributed by atoms with Gasteiger partial charge in [0.1, 0.15) is 5.60 Å². The van der Waals surface area contributed by atoms with Gasteiger partial charge in [0.05, 0.1) is 12.6 Å². The molecule has 1 N–H and O–H groups in total. The molecule has 1 aromatic rings. The van der Waals surface area contributed by atoms with E-state index in [2.05, 4.69) is 16.2 Å². The largest absolute Gasteiger partial charge is 0.460 e. The van der Waals surface area contributed by atoms with E-state index in [0.717, 1.165) is 11.3 Å². The molecule has 0 aromatic heterocycles. The van der Waals surface area contributed by atoms with E-state index in [1.54, 1.807) is 0 Å². The van der Waals surface area contributed by atoms with Gasteiger partial charge in [-0.1, -0.05) is 12.1 Å². The van der Waals surface area contributed by atoms with Gasteiger partial charge in [0.25, 0.3) is 7.41 Å². The van der Waals surface area contributed by atoms with E-state index in [1.807, 2.05) is 39.0 Å². The van der Waals surface area contributed by atoms with Crippen LogP contribution in [0.25, 0.3) is 0 Å². The molecule has 0 fully saturated rings. The van der Waals surface area contributed by atoms with E-state index >= 15 is 0 Å². The molecule has 1 aromatic carbocycles. The van der Waals surface area contributed by atoms with Crippen molar-refractivity contribution in [3.05, 3.63) is 29.8 Å². The van der Waals surface area contributed by atoms with Gasteiger partial charge in [-0.05, 0) is 44.9 Å². The average molecular weight is 414 g/mol. The fourth-order valence-electron chi connectivity index (χ4n) is 2.69. The Morgan fingerprint density at radius 1 is 1.30 bits per heavy atom. The minimum atomic E-state index is -0.542. The van der Waals surface area contributed by atoms with Crippen LogP contribution in [0.2, 0.25) is 0 Å². The topological polar surface area (TPSA) is 58.6 Å². The van der Waals surface area contributed by atoms with Crippen molar-refractivity contribution in [1.82, 2.24) is 5.23 Å². The maximum Gasteiger partial charge on any atom is 0.307 e. The number of ether oxygens (including phenoxy) is 1. The normalized spacial score (nSPS) is 12.3. The molecule has 0 unspecified atom stereocenters. The third kappa shape index (κ3) is 10.0. The van der Waals surface area contributed by atoms with Gasteiger partial charge < -0.3 is 19.7 Å². The number of hydrogen-bond acceptors (Lipinski definition) is 5. The van der Waals surface area contributed by atoms with Gasteiger partial charge in [0, 0.05) is 36.6 Å². The number of alkyl halides is 2. The zero-order valence-electron chi connectivity index (χ0n) is 16.2. The van der Waals surface area contributed by atoms with Crippen LogP contribution in [0.4, 0.5) is 5.69 Å². The van der Waals surface area contributed by atoms with Crippen molar-refractivity contribution < 1.29 is 14.3 Å². The number of anilines is 1. The fourth-order valence-corrected chi connectivity index (χ4v) is 3.10. The Hall–Kier alpha value is -1.24. The number of hydrogen-bond donors (Lipinski definition) is 1. The maximum absolute atomic E-state index is 12.2. The molecule has 0 spiro atoms. The molecule has 0 saturated carbocycles. The van der Waals surface area contributed by atoms with Crippen LogP contribution in [0, 0.1) is 0 Å². The Morgan fingerprint density at radius 2 is 1.96 bits per heavy atom. The number of halogens is 2. The standard InChI is InChI=1S/C19H28BCl2N2O3/c1-19(2,3)27-18(26)13-16(23-20-14-25)11-15-5-4-6-17(12-15)24(9-7-21)10-8-22/h4-6,12,14,16,23H,7-11,13H2,1-3H3/t16-/m1/s1. The minimum absolute atomic E-state index is 0.166. The summed E-state index contributed by atoms with van der Waals surface area (Å²) in [5.41, 5.74) is 1.53. The Kier molecular flexibility index (Phi) is 10.8. The SMILES string of the molecule is CC(C)(C)OC(=O)C[C@@H](Cc1cccc(N(CCCl)CCCl)c1)N[B]C=O. The lowest BCUT2D eigenvalue weighted by molar-refractivity contribution is -0.155. The molecule has 0 aliphatic heterocycles. The highest BCUT2D eigenvalue weighted by Gasteiger charge is 2.21. The molecule has 0 saturated heterocycles. The van der Waals surface area contributed by atoms with Crippen LogP contribution < -0.4 is 10.1 Å². The third-order valence-corrected chi connectivity index (χ3v) is 4.04. The molecule has 0 bridgehead atoms. The molecule has 1 atom stereocenters. The molecular formula is C19H28BCl2N2O3. The smallest absolute Gasteiger partial charge is 0.307 e. The van der Waals surface area contributed by atoms with Gasteiger partial charge in [-0.3, -0.25) is 4.79 Å². The van der Waals surface area contributed by atoms with Crippen molar-refractivity contribution >= 4 is 48.5 Å². The average Bonchev–Trinajstić information content (AvgIpc) is 2.58. The number of carbonyl (C=O) groups excluding carboxylic acids is 2. The number of nitrogens with one attached hydrogen (secondary N) is 1. The molecule has 8 heteroatoms. The molecule has 149 valence electrons. The van der Waals surface area contributed by atoms with E-state index in [4.69, 9.17) is 27.9 Å². The second-order valence-electron chi connectivity index (χ2n) is 7.20. The molecule has 27 heavy (non-hydrogen) atoms. The van der Waals surface area contributed by atoms with E-state index in [-0.39, 0.29) is 18.4 Å². The van der Waals surface area contributed by atoms with Crippen LogP contribution in [0.3, 0.4) is 0 Å². The fraction of sp³-hybridized carbons (Fsp3) is 0.579. The quantitative estimate of drug-likeness (QED) is 0.247. The molecular weight excluding hydrogens is 386 g/mol. The Morgan fingerprint density at radius 3 is 2.52 bits per heavy atom. The molecule has 1 radical (unpaired) electrons. The lowest BCUT2D eigenvalue weighted by Gasteiger charge is -2.25. The van der Waals surface area contributed by atoms with Crippen molar-refractivity contribution in [3.63, 3.8) is 0 Å². The van der Waals surface area contributed by atoms with E-state index in [9.17, 15) is 9.59 Å². The van der Waals surface area contributed by atoms with E-state index < -0.39 is 5.60 Å². The summed E-state index contributed by atoms with van der Waals surface area (Å²) in [5, 5.41) is 2.98. The summed E-state index contributed by atoms with van der Waals surface area (Å²) in [7, 11) is 1.31. The first-order chi connectivity index (χ1) is 12.8. The zero-order valence-corrected chi connectivity index (χ0v) is 17.7. The third-order valence-electron chi connectivity index (χ3n) is 3.70. The van der Waals surface area contributed by atoms with Crippen molar-refractivity contribution in [3.8, 4) is 0 Å². The number of carbonyl (C=O) groups is 2. The predicted molar refractivity (Wildman–Crippen MR) is 114 cm³/mol. The molecule has 1 rings (SSSR count). The summed E-state index contributed by atoms with van der Waals surface area (Å²) >= 11 is 11.8. The lowest BCUT2D eigenvalue weighted by atomic mass is 9.92. The first kappa shape index (κ1) is 23.8. The van der Waals surface area contributed by atoms with Crippen molar-refractivity contribution in [2.45, 2.75) is 45.3 Å². The zero-order chi connectivity index (χ0) is 20.3. The highest BCUT2D eigenvalue weighted by molar-refractivity contribution is 6.64. The Bertz CT molecular complexity index is 591. The summed E-state index contributed by atoms with van der Waals surface area (Å²) in [6.45, 7) is 6.90. The van der Waals surface area contributed by atoms with Gasteiger partial charge in [0.15, 0.2) is 0 Å². The predicted octanol–water partition coefficient (Wildman–Crippen LogP) is 3.01. The van der Waals surface area contributed by atoms with Crippen molar-refractivity contribution in [1.29, 1.82) is 0 Å². The molecule has 0 aliphatic rings. The van der Waals surface area contributed by atoms with Crippen LogP contribution in [-0.2, 0) is 20.7 Å². The second kappa shape index (κ2) is 12.3. The first-order valence-corrected chi connectivity index (χ1v) is 10.1. The Labute approximate surface area is 173 Å². The molecule has 0 heterocycles. The van der Waals surface area contributed by atoms with Crippen LogP contribution in [0.15, 0.2) is 24.3 Å². The van der Waals surface area contributed by atoms with Gasteiger partial charge in [-0.25, -0.2) is 0 Å². The number of benzene rings is 1. The maximum atomic E-state index is 12.2. The van der Waals surface area contributed by atoms with E-state index in [1.165, 1.54) is 7.41 Å². The Balaban J connectivity index is 2.86. The summed E-state index contributed by atoms with van der Waals surface area (Å²) in [5.74, 6) is 0.720. The van der Waals surface area contributed by atoms with Gasteiger partial charge in [0.2, 0.25) is 0 Å². The lowest BCUT2D eigenvalue weighted by Crippen LogP contribution is -2.38. The van der Waals surface area contributed by atoms with Crippen LogP contribution >= 0.6 is 23.2 Å². The molecule has 0 aliphatic carbocycles. The number of nitrogens with zero attached hydrogens (tertiary/aromatic N) is 1. The molecule has 0 amide bonds. The summed E-state index contributed by atoms with van der Waals surface area (Å²) in [6, 6.07) is 7.79. The summed E-state index contributed by atoms with van der Waals surface area (Å²) in [4.78, 5) is 25.0. The van der Waals surface area contributed by atoms with Gasteiger partial charge in [-0.2, -0.15) is 0 Å². The van der Waals surface area contributed by atoms with Gasteiger partial charge >= 0.3 is 5.97 Å². The van der Waals surface area contributed by atoms with E-state index in [0.29, 0.717) is 37.5 Å². The van der Waals surface area contributed by atoms with Crippen LogP contribution in [0.5, 0.6) is 0 Å². The second-order valence-corrected chi connectivity index (χ2v) is 7.95. The van der Waals surface area contributed by atoms with Crippen molar-refractivity contribution in [2.24, 2.45) is 0 Å². The summed E-state index contributed by atoms with van der Waals surface area (Å²) < 4.78 is 5.39. The van der Waals surface area contributed by atoms with Crippen molar-refractivity contribution in [2.75, 3.05) is 29.7 Å². The number of esters is 1. The molecule has 5 nitrogen and oxygen atoms in total. The highest BCUT2D eigenvalue weighted by Crippen LogP contribution is 2.19.